The highest BCUT2D eigenvalue weighted by Crippen LogP contribution is 2.55. The molecule has 4 aromatic rings. The van der Waals surface area contributed by atoms with Crippen LogP contribution in [0.15, 0.2) is 126 Å². The molecule has 0 N–H and O–H groups in total. The van der Waals surface area contributed by atoms with Crippen LogP contribution in [0.1, 0.15) is 35.2 Å². The van der Waals surface area contributed by atoms with Gasteiger partial charge in [0.15, 0.2) is 0 Å². The van der Waals surface area contributed by atoms with Crippen LogP contribution < -0.4 is 0 Å². The van der Waals surface area contributed by atoms with Crippen LogP contribution in [0, 0.1) is 0 Å². The van der Waals surface area contributed by atoms with Crippen LogP contribution in [0.4, 0.5) is 5.69 Å². The molecular weight excluding hydrogens is 400 g/mol. The van der Waals surface area contributed by atoms with E-state index in [0.29, 0.717) is 0 Å². The Bertz CT molecular complexity index is 1280. The maximum atomic E-state index is 5.28. The van der Waals surface area contributed by atoms with E-state index in [0.717, 1.165) is 11.5 Å². The molecule has 0 radical (unpaired) electrons. The summed E-state index contributed by atoms with van der Waals surface area (Å²) >= 11 is 0. The summed E-state index contributed by atoms with van der Waals surface area (Å²) in [5.41, 5.74) is 5.80. The third-order valence-electron chi connectivity index (χ3n) is 7.10. The first kappa shape index (κ1) is 19.8. The molecule has 0 saturated carbocycles. The molecule has 0 aromatic heterocycles. The van der Waals surface area contributed by atoms with Crippen molar-refractivity contribution in [1.29, 1.82) is 0 Å². The molecule has 2 aliphatic heterocycles. The van der Waals surface area contributed by atoms with Gasteiger partial charge < -0.3 is 4.90 Å². The highest BCUT2D eigenvalue weighted by atomic mass is 15.3. The quantitative estimate of drug-likeness (QED) is 0.338. The van der Waals surface area contributed by atoms with Gasteiger partial charge in [0.25, 0.3) is 0 Å². The molecule has 2 atom stereocenters. The van der Waals surface area contributed by atoms with Crippen LogP contribution in [0.3, 0.4) is 0 Å². The first-order chi connectivity index (χ1) is 16.3. The standard InChI is InChI=1S/C31H26N2/c1-23-27-19-11-12-20-28(27)32-30-31(25-15-7-3-8-16-25,26-17-9-4-10-18-26)29(33(23)30)22-21-24-13-5-2-6-14-24/h2-23,29H,1H3/b22-21+/t23-,29-/m1/s1. The van der Waals surface area contributed by atoms with Gasteiger partial charge in [0.2, 0.25) is 0 Å². The van der Waals surface area contributed by atoms with Crippen molar-refractivity contribution < 1.29 is 0 Å². The lowest BCUT2D eigenvalue weighted by atomic mass is 9.60. The summed E-state index contributed by atoms with van der Waals surface area (Å²) in [5, 5.41) is 0. The molecule has 160 valence electrons. The van der Waals surface area contributed by atoms with Crippen molar-refractivity contribution in [2.24, 2.45) is 4.99 Å². The number of fused-ring (bicyclic) bond motifs is 2. The third kappa shape index (κ3) is 2.98. The van der Waals surface area contributed by atoms with E-state index < -0.39 is 0 Å². The largest absolute Gasteiger partial charge is 0.344 e. The van der Waals surface area contributed by atoms with E-state index in [9.17, 15) is 0 Å². The van der Waals surface area contributed by atoms with Crippen LogP contribution in [0.25, 0.3) is 6.08 Å². The fourth-order valence-electron chi connectivity index (χ4n) is 5.56. The lowest BCUT2D eigenvalue weighted by Gasteiger charge is -2.62. The Morgan fingerprint density at radius 2 is 1.24 bits per heavy atom. The van der Waals surface area contributed by atoms with Gasteiger partial charge in [-0.05, 0) is 29.7 Å². The third-order valence-corrected chi connectivity index (χ3v) is 7.10. The summed E-state index contributed by atoms with van der Waals surface area (Å²) in [6.07, 6.45) is 4.63. The fourth-order valence-corrected chi connectivity index (χ4v) is 5.56. The Morgan fingerprint density at radius 1 is 0.697 bits per heavy atom. The van der Waals surface area contributed by atoms with E-state index in [1.54, 1.807) is 0 Å². The Kier molecular flexibility index (Phi) is 4.73. The van der Waals surface area contributed by atoms with Crippen molar-refractivity contribution in [2.75, 3.05) is 0 Å². The normalized spacial score (nSPS) is 20.5. The Hall–Kier alpha value is -3.91. The number of rotatable bonds is 4. The lowest BCUT2D eigenvalue weighted by molar-refractivity contribution is 0.159. The van der Waals surface area contributed by atoms with Gasteiger partial charge in [0.05, 0.1) is 17.8 Å². The topological polar surface area (TPSA) is 15.6 Å². The van der Waals surface area contributed by atoms with Gasteiger partial charge in [0, 0.05) is 5.56 Å². The van der Waals surface area contributed by atoms with Crippen LogP contribution in [-0.2, 0) is 5.41 Å². The van der Waals surface area contributed by atoms with Gasteiger partial charge in [-0.25, -0.2) is 4.99 Å². The summed E-state index contributed by atoms with van der Waals surface area (Å²) < 4.78 is 0. The minimum Gasteiger partial charge on any atom is -0.344 e. The zero-order chi connectivity index (χ0) is 22.3. The average Bonchev–Trinajstić information content (AvgIpc) is 2.88. The molecule has 33 heavy (non-hydrogen) atoms. The maximum Gasteiger partial charge on any atom is 0.124 e. The molecule has 4 aromatic carbocycles. The van der Waals surface area contributed by atoms with Crippen molar-refractivity contribution in [3.63, 3.8) is 0 Å². The van der Waals surface area contributed by atoms with Crippen molar-refractivity contribution in [2.45, 2.75) is 24.4 Å². The molecule has 1 saturated heterocycles. The van der Waals surface area contributed by atoms with Gasteiger partial charge in [0.1, 0.15) is 11.3 Å². The predicted molar refractivity (Wildman–Crippen MR) is 137 cm³/mol. The van der Waals surface area contributed by atoms with Gasteiger partial charge in [-0.2, -0.15) is 0 Å². The van der Waals surface area contributed by atoms with Gasteiger partial charge in [-0.3, -0.25) is 0 Å². The maximum absolute atomic E-state index is 5.28. The molecule has 6 rings (SSSR count). The van der Waals surface area contributed by atoms with E-state index in [1.807, 2.05) is 0 Å². The van der Waals surface area contributed by atoms with Gasteiger partial charge >= 0.3 is 0 Å². The van der Waals surface area contributed by atoms with Crippen molar-refractivity contribution in [3.05, 3.63) is 144 Å². The van der Waals surface area contributed by atoms with Crippen molar-refractivity contribution in [1.82, 2.24) is 4.90 Å². The van der Waals surface area contributed by atoms with E-state index in [4.69, 9.17) is 4.99 Å². The molecular formula is C31H26N2. The predicted octanol–water partition coefficient (Wildman–Crippen LogP) is 7.18. The monoisotopic (exact) mass is 426 g/mol. The number of amidine groups is 1. The average molecular weight is 427 g/mol. The second-order valence-corrected chi connectivity index (χ2v) is 8.83. The van der Waals surface area contributed by atoms with Gasteiger partial charge in [-0.15, -0.1) is 0 Å². The summed E-state index contributed by atoms with van der Waals surface area (Å²) in [6.45, 7) is 2.30. The zero-order valence-electron chi connectivity index (χ0n) is 18.7. The molecule has 0 spiro atoms. The fraction of sp³-hybridized carbons (Fsp3) is 0.129. The highest BCUT2D eigenvalue weighted by Gasteiger charge is 2.61. The molecule has 2 heterocycles. The minimum atomic E-state index is -0.338. The van der Waals surface area contributed by atoms with E-state index in [1.165, 1.54) is 22.3 Å². The molecule has 2 nitrogen and oxygen atoms in total. The van der Waals surface area contributed by atoms with Gasteiger partial charge in [-0.1, -0.05) is 121 Å². The molecule has 2 heteroatoms. The number of benzene rings is 4. The summed E-state index contributed by atoms with van der Waals surface area (Å²) in [5.74, 6) is 1.13. The van der Waals surface area contributed by atoms with Crippen LogP contribution in [-0.4, -0.2) is 16.8 Å². The Morgan fingerprint density at radius 3 is 1.88 bits per heavy atom. The highest BCUT2D eigenvalue weighted by molar-refractivity contribution is 6.07. The number of aliphatic imine (C=N–C) groups is 1. The molecule has 2 aliphatic rings. The second-order valence-electron chi connectivity index (χ2n) is 8.83. The molecule has 0 amide bonds. The first-order valence-corrected chi connectivity index (χ1v) is 11.6. The number of nitrogens with zero attached hydrogens (tertiary/aromatic N) is 2. The summed E-state index contributed by atoms with van der Waals surface area (Å²) in [4.78, 5) is 7.79. The second kappa shape index (κ2) is 7.90. The lowest BCUT2D eigenvalue weighted by Crippen LogP contribution is -2.72. The number of para-hydroxylation sites is 1. The number of hydrogen-bond donors (Lipinski definition) is 0. The molecule has 1 fully saturated rings. The summed E-state index contributed by atoms with van der Waals surface area (Å²) in [6, 6.07) is 41.3. The molecule has 0 aliphatic carbocycles. The molecule has 0 unspecified atom stereocenters. The van der Waals surface area contributed by atoms with Crippen LogP contribution in [0.2, 0.25) is 0 Å². The molecule has 0 bridgehead atoms. The summed E-state index contributed by atoms with van der Waals surface area (Å²) in [7, 11) is 0. The van der Waals surface area contributed by atoms with Crippen LogP contribution >= 0.6 is 0 Å². The van der Waals surface area contributed by atoms with Crippen LogP contribution in [0.5, 0.6) is 0 Å². The van der Waals surface area contributed by atoms with E-state index >= 15 is 0 Å². The Labute approximate surface area is 195 Å². The van der Waals surface area contributed by atoms with Crippen molar-refractivity contribution in [3.8, 4) is 0 Å². The first-order valence-electron chi connectivity index (χ1n) is 11.6. The van der Waals surface area contributed by atoms with E-state index in [2.05, 4.69) is 139 Å². The Balaban J connectivity index is 1.60. The SMILES string of the molecule is C[C@@H]1c2ccccc2N=C2N1[C@H](/C=C/c1ccccc1)C2(c1ccccc1)c1ccccc1. The number of hydrogen-bond acceptors (Lipinski definition) is 2. The minimum absolute atomic E-state index is 0.143. The van der Waals surface area contributed by atoms with Crippen molar-refractivity contribution >= 4 is 17.6 Å². The van der Waals surface area contributed by atoms with E-state index in [-0.39, 0.29) is 17.5 Å². The smallest absolute Gasteiger partial charge is 0.124 e. The zero-order valence-corrected chi connectivity index (χ0v) is 18.7.